The number of anilines is 2. The Labute approximate surface area is 215 Å². The molecule has 1 aliphatic rings. The van der Waals surface area contributed by atoms with Crippen LogP contribution >= 0.6 is 28.1 Å². The van der Waals surface area contributed by atoms with E-state index in [1.807, 2.05) is 6.92 Å². The van der Waals surface area contributed by atoms with Crippen molar-refractivity contribution in [3.05, 3.63) is 58.7 Å². The zero-order chi connectivity index (χ0) is 25.1. The number of rotatable bonds is 8. The number of hydrogen-bond acceptors (Lipinski definition) is 7. The molecule has 1 aliphatic heterocycles. The molecule has 1 aromatic heterocycles. The van der Waals surface area contributed by atoms with Gasteiger partial charge >= 0.3 is 0 Å². The summed E-state index contributed by atoms with van der Waals surface area (Å²) in [6, 6.07) is 13.1. The maximum Gasteiger partial charge on any atom is 0.256 e. The number of ether oxygens (including phenoxy) is 1. The van der Waals surface area contributed by atoms with Crippen LogP contribution in [-0.4, -0.2) is 39.7 Å². The molecule has 10 nitrogen and oxygen atoms in total. The van der Waals surface area contributed by atoms with Crippen molar-refractivity contribution in [3.63, 3.8) is 0 Å². The van der Waals surface area contributed by atoms with Crippen molar-refractivity contribution < 1.29 is 28.6 Å². The third kappa shape index (κ3) is 5.28. The van der Waals surface area contributed by atoms with Crippen LogP contribution < -0.4 is 24.7 Å². The van der Waals surface area contributed by atoms with Crippen molar-refractivity contribution in [2.75, 3.05) is 16.8 Å². The van der Waals surface area contributed by atoms with E-state index in [0.29, 0.717) is 23.7 Å². The smallest absolute Gasteiger partial charge is 0.256 e. The molecule has 0 aliphatic carbocycles. The molecule has 1 fully saturated rings. The SMILES string of the molecule is CCOc1ccc(N2C(=O)C(CC(=O)Nc3ccc(Br)cc3)N(Cc3c([O-])on[n+]3C)C2=S)cc1. The number of hydrogen-bond donors (Lipinski definition) is 1. The van der Waals surface area contributed by atoms with Gasteiger partial charge in [0.05, 0.1) is 24.0 Å². The molecule has 35 heavy (non-hydrogen) atoms. The van der Waals surface area contributed by atoms with Crippen molar-refractivity contribution in [2.45, 2.75) is 25.9 Å². The number of carbonyl (C=O) groups excluding carboxylic acids is 2. The lowest BCUT2D eigenvalue weighted by Gasteiger charge is -2.22. The lowest BCUT2D eigenvalue weighted by Crippen LogP contribution is -2.42. The van der Waals surface area contributed by atoms with Crippen molar-refractivity contribution in [2.24, 2.45) is 7.05 Å². The average molecular weight is 560 g/mol. The number of amides is 2. The van der Waals surface area contributed by atoms with Gasteiger partial charge in [0.1, 0.15) is 18.3 Å². The van der Waals surface area contributed by atoms with E-state index in [1.165, 1.54) is 9.58 Å². The molecular weight excluding hydrogens is 538 g/mol. The van der Waals surface area contributed by atoms with Crippen LogP contribution in [0.25, 0.3) is 0 Å². The maximum atomic E-state index is 13.5. The number of halogens is 1. The first-order chi connectivity index (χ1) is 16.8. The first-order valence-corrected chi connectivity index (χ1v) is 11.9. The third-order valence-corrected chi connectivity index (χ3v) is 6.37. The van der Waals surface area contributed by atoms with Crippen molar-refractivity contribution in [1.29, 1.82) is 0 Å². The minimum Gasteiger partial charge on any atom is -0.539 e. The molecule has 0 spiro atoms. The maximum absolute atomic E-state index is 13.5. The third-order valence-electron chi connectivity index (χ3n) is 5.42. The van der Waals surface area contributed by atoms with E-state index < -0.39 is 12.0 Å². The lowest BCUT2D eigenvalue weighted by molar-refractivity contribution is -0.746. The lowest BCUT2D eigenvalue weighted by atomic mass is 10.1. The van der Waals surface area contributed by atoms with Gasteiger partial charge in [-0.3, -0.25) is 14.5 Å². The van der Waals surface area contributed by atoms with Crippen LogP contribution in [0, 0.1) is 0 Å². The van der Waals surface area contributed by atoms with Gasteiger partial charge in [-0.2, -0.15) is 0 Å². The number of carbonyl (C=O) groups is 2. The summed E-state index contributed by atoms with van der Waals surface area (Å²) in [6.45, 7) is 2.34. The molecule has 3 aromatic rings. The fraction of sp³-hybridized carbons (Fsp3) is 0.261. The van der Waals surface area contributed by atoms with Crippen molar-refractivity contribution in [3.8, 4) is 11.7 Å². The van der Waals surface area contributed by atoms with Crippen LogP contribution in [0.2, 0.25) is 0 Å². The van der Waals surface area contributed by atoms with E-state index in [1.54, 1.807) is 60.5 Å². The van der Waals surface area contributed by atoms with Crippen LogP contribution in [0.1, 0.15) is 19.0 Å². The van der Waals surface area contributed by atoms with Crippen LogP contribution in [-0.2, 0) is 23.2 Å². The van der Waals surface area contributed by atoms with Crippen molar-refractivity contribution in [1.82, 2.24) is 10.2 Å². The first-order valence-electron chi connectivity index (χ1n) is 10.7. The molecule has 12 heteroatoms. The Bertz CT molecular complexity index is 1230. The summed E-state index contributed by atoms with van der Waals surface area (Å²) >= 11 is 8.99. The van der Waals surface area contributed by atoms with Gasteiger partial charge in [-0.25, -0.2) is 0 Å². The predicted molar refractivity (Wildman–Crippen MR) is 132 cm³/mol. The van der Waals surface area contributed by atoms with Gasteiger partial charge in [-0.15, -0.1) is 0 Å². The van der Waals surface area contributed by atoms with E-state index in [4.69, 9.17) is 21.5 Å². The Hall–Kier alpha value is -3.51. The Morgan fingerprint density at radius 3 is 2.54 bits per heavy atom. The molecule has 0 bridgehead atoms. The Morgan fingerprint density at radius 1 is 1.26 bits per heavy atom. The van der Waals surface area contributed by atoms with Crippen LogP contribution in [0.15, 0.2) is 57.5 Å². The molecule has 0 radical (unpaired) electrons. The summed E-state index contributed by atoms with van der Waals surface area (Å²) in [5.74, 6) is -0.732. The molecule has 1 unspecified atom stereocenters. The number of nitrogens with one attached hydrogen (secondary N) is 1. The highest BCUT2D eigenvalue weighted by Gasteiger charge is 2.45. The summed E-state index contributed by atoms with van der Waals surface area (Å²) in [6.07, 6.45) is -0.175. The molecule has 2 amide bonds. The Morgan fingerprint density at radius 2 is 1.94 bits per heavy atom. The zero-order valence-corrected chi connectivity index (χ0v) is 21.3. The van der Waals surface area contributed by atoms with Gasteiger partial charge in [0.25, 0.3) is 11.6 Å². The number of benzene rings is 2. The molecule has 1 atom stereocenters. The second kappa shape index (κ2) is 10.4. The van der Waals surface area contributed by atoms with Gasteiger partial charge in [-0.05, 0) is 67.7 Å². The van der Waals surface area contributed by atoms with Crippen LogP contribution in [0.3, 0.4) is 0 Å². The van der Waals surface area contributed by atoms with Crippen LogP contribution in [0.4, 0.5) is 11.4 Å². The molecule has 4 rings (SSSR count). The molecule has 1 N–H and O–H groups in total. The largest absolute Gasteiger partial charge is 0.539 e. The summed E-state index contributed by atoms with van der Waals surface area (Å²) in [4.78, 5) is 29.3. The highest BCUT2D eigenvalue weighted by molar-refractivity contribution is 9.10. The summed E-state index contributed by atoms with van der Waals surface area (Å²) in [5.41, 5.74) is 1.32. The molecule has 1 saturated heterocycles. The Balaban J connectivity index is 1.61. The van der Waals surface area contributed by atoms with Gasteiger partial charge in [0.2, 0.25) is 5.91 Å². The van der Waals surface area contributed by atoms with E-state index in [-0.39, 0.29) is 35.6 Å². The molecule has 182 valence electrons. The zero-order valence-electron chi connectivity index (χ0n) is 18.9. The fourth-order valence-corrected chi connectivity index (χ4v) is 4.34. The highest BCUT2D eigenvalue weighted by Crippen LogP contribution is 2.30. The Kier molecular flexibility index (Phi) is 7.31. The fourth-order valence-electron chi connectivity index (χ4n) is 3.69. The standard InChI is InChI=1S/C23H22BrN5O5S/c1-3-33-17-10-8-16(9-11-17)29-21(31)18(12-20(30)25-15-6-4-14(24)5-7-15)28(23(29)35)13-19-22(32)34-26-27(19)2/h4-11,18H,3,12-13H2,1-2H3,(H-,25,26,30,32). The first kappa shape index (κ1) is 24.6. The summed E-state index contributed by atoms with van der Waals surface area (Å²) in [7, 11) is 1.56. The normalized spacial score (nSPS) is 15.6. The van der Waals surface area contributed by atoms with Crippen molar-refractivity contribution >= 4 is 56.4 Å². The number of nitrogens with zero attached hydrogens (tertiary/aromatic N) is 4. The van der Waals surface area contributed by atoms with Gasteiger partial charge in [-0.1, -0.05) is 20.6 Å². The molecule has 2 aromatic carbocycles. The highest BCUT2D eigenvalue weighted by atomic mass is 79.9. The molecular formula is C23H22BrN5O5S. The second-order valence-corrected chi connectivity index (χ2v) is 9.00. The second-order valence-electron chi connectivity index (χ2n) is 7.72. The minimum atomic E-state index is -0.932. The van der Waals surface area contributed by atoms with E-state index in [9.17, 15) is 14.7 Å². The topological polar surface area (TPSA) is 115 Å². The minimum absolute atomic E-state index is 0.0484. The average Bonchev–Trinajstić information content (AvgIpc) is 3.27. The number of aryl methyl sites for hydroxylation is 1. The number of aromatic nitrogens is 2. The van der Waals surface area contributed by atoms with E-state index in [0.717, 1.165) is 4.47 Å². The molecule has 2 heterocycles. The quantitative estimate of drug-likeness (QED) is 0.330. The van der Waals surface area contributed by atoms with Gasteiger partial charge in [0, 0.05) is 10.2 Å². The summed E-state index contributed by atoms with van der Waals surface area (Å²) in [5, 5.41) is 18.7. The number of thiocarbonyl (C=S) groups is 1. The van der Waals surface area contributed by atoms with Gasteiger partial charge in [0.15, 0.2) is 18.1 Å². The monoisotopic (exact) mass is 559 g/mol. The summed E-state index contributed by atoms with van der Waals surface area (Å²) < 4.78 is 12.3. The van der Waals surface area contributed by atoms with Gasteiger partial charge < -0.3 is 24.6 Å². The van der Waals surface area contributed by atoms with E-state index in [2.05, 4.69) is 26.5 Å². The predicted octanol–water partition coefficient (Wildman–Crippen LogP) is 2.27. The van der Waals surface area contributed by atoms with E-state index >= 15 is 0 Å². The van der Waals surface area contributed by atoms with Crippen LogP contribution in [0.5, 0.6) is 11.7 Å². The molecule has 0 saturated carbocycles.